The van der Waals surface area contributed by atoms with Gasteiger partial charge in [0.05, 0.1) is 5.56 Å². The lowest BCUT2D eigenvalue weighted by molar-refractivity contribution is 0.0693. The average Bonchev–Trinajstić information content (AvgIpc) is 2.64. The third kappa shape index (κ3) is 2.40. The van der Waals surface area contributed by atoms with Gasteiger partial charge in [0.25, 0.3) is 0 Å². The van der Waals surface area contributed by atoms with Crippen LogP contribution in [-0.2, 0) is 0 Å². The number of aryl methyl sites for hydroxylation is 1. The van der Waals surface area contributed by atoms with Crippen LogP contribution in [0.25, 0.3) is 0 Å². The van der Waals surface area contributed by atoms with Crippen molar-refractivity contribution in [1.29, 1.82) is 0 Å². The lowest BCUT2D eigenvalue weighted by Gasteiger charge is -2.01. The molecule has 0 aliphatic heterocycles. The van der Waals surface area contributed by atoms with E-state index in [0.717, 1.165) is 10.0 Å². The van der Waals surface area contributed by atoms with Crippen molar-refractivity contribution in [2.24, 2.45) is 0 Å². The number of rotatable bonds is 3. The highest BCUT2D eigenvalue weighted by atomic mass is 32.2. The van der Waals surface area contributed by atoms with Gasteiger partial charge < -0.3 is 5.11 Å². The molecule has 0 spiro atoms. The molecule has 0 radical (unpaired) electrons. The summed E-state index contributed by atoms with van der Waals surface area (Å²) in [4.78, 5) is 19.8. The van der Waals surface area contributed by atoms with Gasteiger partial charge in [-0.2, -0.15) is 0 Å². The van der Waals surface area contributed by atoms with Crippen molar-refractivity contribution < 1.29 is 9.90 Å². The van der Waals surface area contributed by atoms with Crippen LogP contribution >= 0.6 is 23.1 Å². The Morgan fingerprint density at radius 1 is 1.56 bits per heavy atom. The molecule has 6 heteroatoms. The first-order valence-electron chi connectivity index (χ1n) is 4.44. The highest BCUT2D eigenvalue weighted by Gasteiger charge is 2.12. The van der Waals surface area contributed by atoms with Gasteiger partial charge in [0.15, 0.2) is 4.34 Å². The second-order valence-corrected chi connectivity index (χ2v) is 5.18. The van der Waals surface area contributed by atoms with Crippen molar-refractivity contribution in [2.75, 3.05) is 0 Å². The Bertz CT molecular complexity index is 525. The molecule has 2 rings (SSSR count). The summed E-state index contributed by atoms with van der Waals surface area (Å²) in [5.41, 5.74) is 1.20. The highest BCUT2D eigenvalue weighted by molar-refractivity contribution is 8.01. The van der Waals surface area contributed by atoms with E-state index in [9.17, 15) is 4.79 Å². The third-order valence-electron chi connectivity index (χ3n) is 1.81. The molecule has 0 bridgehead atoms. The van der Waals surface area contributed by atoms with Gasteiger partial charge in [-0.25, -0.2) is 9.78 Å². The van der Waals surface area contributed by atoms with Crippen LogP contribution in [0.3, 0.4) is 0 Å². The molecule has 4 nitrogen and oxygen atoms in total. The zero-order valence-corrected chi connectivity index (χ0v) is 10.0. The number of aromatic nitrogens is 2. The Morgan fingerprint density at radius 3 is 3.00 bits per heavy atom. The SMILES string of the molecule is Cc1csc(Sc2cnccc2C(=O)O)n1. The fraction of sp³-hybridized carbons (Fsp3) is 0.100. The molecule has 0 fully saturated rings. The molecule has 0 aliphatic carbocycles. The van der Waals surface area contributed by atoms with Crippen molar-refractivity contribution in [3.05, 3.63) is 35.1 Å². The maximum atomic E-state index is 11.0. The van der Waals surface area contributed by atoms with Crippen LogP contribution in [0, 0.1) is 6.92 Å². The number of carboxylic acids is 1. The zero-order chi connectivity index (χ0) is 11.5. The quantitative estimate of drug-likeness (QED) is 0.910. The van der Waals surface area contributed by atoms with Gasteiger partial charge in [0, 0.05) is 28.4 Å². The lowest BCUT2D eigenvalue weighted by Crippen LogP contribution is -1.98. The van der Waals surface area contributed by atoms with E-state index in [0.29, 0.717) is 4.90 Å². The van der Waals surface area contributed by atoms with E-state index >= 15 is 0 Å². The Kier molecular flexibility index (Phi) is 3.21. The molecule has 2 heterocycles. The summed E-state index contributed by atoms with van der Waals surface area (Å²) in [6.07, 6.45) is 3.02. The smallest absolute Gasteiger partial charge is 0.336 e. The Hall–Kier alpha value is -1.40. The zero-order valence-electron chi connectivity index (χ0n) is 8.38. The van der Waals surface area contributed by atoms with E-state index in [1.165, 1.54) is 35.4 Å². The molecule has 0 unspecified atom stereocenters. The molecule has 82 valence electrons. The number of nitrogens with zero attached hydrogens (tertiary/aromatic N) is 2. The highest BCUT2D eigenvalue weighted by Crippen LogP contribution is 2.31. The molecular formula is C10H8N2O2S2. The number of pyridine rings is 1. The van der Waals surface area contributed by atoms with Crippen LogP contribution < -0.4 is 0 Å². The van der Waals surface area contributed by atoms with Gasteiger partial charge in [-0.15, -0.1) is 11.3 Å². The Labute approximate surface area is 100 Å². The predicted octanol–water partition coefficient (Wildman–Crippen LogP) is 2.70. The van der Waals surface area contributed by atoms with Gasteiger partial charge in [-0.1, -0.05) is 11.8 Å². The van der Waals surface area contributed by atoms with Crippen LogP contribution in [0.5, 0.6) is 0 Å². The first kappa shape index (κ1) is 11.1. The molecule has 16 heavy (non-hydrogen) atoms. The normalized spacial score (nSPS) is 10.3. The molecule has 0 aromatic carbocycles. The number of hydrogen-bond donors (Lipinski definition) is 1. The first-order chi connectivity index (χ1) is 7.66. The maximum Gasteiger partial charge on any atom is 0.336 e. The summed E-state index contributed by atoms with van der Waals surface area (Å²) < 4.78 is 0.827. The molecule has 0 aliphatic rings. The average molecular weight is 252 g/mol. The second kappa shape index (κ2) is 4.63. The summed E-state index contributed by atoms with van der Waals surface area (Å²) in [6, 6.07) is 1.49. The summed E-state index contributed by atoms with van der Waals surface area (Å²) >= 11 is 2.82. The summed E-state index contributed by atoms with van der Waals surface area (Å²) in [6.45, 7) is 1.90. The summed E-state index contributed by atoms with van der Waals surface area (Å²) in [5, 5.41) is 10.9. The fourth-order valence-electron chi connectivity index (χ4n) is 1.11. The predicted molar refractivity (Wildman–Crippen MR) is 62.2 cm³/mol. The molecular weight excluding hydrogens is 244 g/mol. The van der Waals surface area contributed by atoms with Gasteiger partial charge in [0.2, 0.25) is 0 Å². The van der Waals surface area contributed by atoms with E-state index in [-0.39, 0.29) is 5.56 Å². The van der Waals surface area contributed by atoms with Gasteiger partial charge in [-0.05, 0) is 13.0 Å². The number of hydrogen-bond acceptors (Lipinski definition) is 5. The lowest BCUT2D eigenvalue weighted by atomic mass is 10.3. The fourth-order valence-corrected chi connectivity index (χ4v) is 2.99. The number of carboxylic acid groups (broad SMARTS) is 1. The van der Waals surface area contributed by atoms with Crippen LogP contribution in [0.2, 0.25) is 0 Å². The summed E-state index contributed by atoms with van der Waals surface area (Å²) in [7, 11) is 0. The van der Waals surface area contributed by atoms with Gasteiger partial charge >= 0.3 is 5.97 Å². The van der Waals surface area contributed by atoms with Gasteiger partial charge in [0.1, 0.15) is 0 Å². The minimum atomic E-state index is -0.946. The van der Waals surface area contributed by atoms with Crippen LogP contribution in [-0.4, -0.2) is 21.0 Å². The van der Waals surface area contributed by atoms with Crippen LogP contribution in [0.15, 0.2) is 33.1 Å². The molecule has 1 N–H and O–H groups in total. The van der Waals surface area contributed by atoms with E-state index in [1.54, 1.807) is 6.20 Å². The van der Waals surface area contributed by atoms with E-state index in [1.807, 2.05) is 12.3 Å². The minimum absolute atomic E-state index is 0.257. The van der Waals surface area contributed by atoms with Crippen LogP contribution in [0.1, 0.15) is 16.1 Å². The molecule has 0 saturated carbocycles. The van der Waals surface area contributed by atoms with E-state index in [2.05, 4.69) is 9.97 Å². The molecule has 0 atom stereocenters. The topological polar surface area (TPSA) is 63.1 Å². The molecule has 2 aromatic heterocycles. The van der Waals surface area contributed by atoms with E-state index in [4.69, 9.17) is 5.11 Å². The molecule has 0 saturated heterocycles. The van der Waals surface area contributed by atoms with Crippen molar-refractivity contribution in [3.8, 4) is 0 Å². The van der Waals surface area contributed by atoms with Crippen molar-refractivity contribution in [1.82, 2.24) is 9.97 Å². The van der Waals surface area contributed by atoms with Crippen molar-refractivity contribution in [2.45, 2.75) is 16.2 Å². The largest absolute Gasteiger partial charge is 0.478 e. The Balaban J connectivity index is 2.31. The third-order valence-corrected chi connectivity index (χ3v) is 3.91. The first-order valence-corrected chi connectivity index (χ1v) is 6.13. The number of carbonyl (C=O) groups is 1. The van der Waals surface area contributed by atoms with Crippen molar-refractivity contribution in [3.63, 3.8) is 0 Å². The monoisotopic (exact) mass is 252 g/mol. The van der Waals surface area contributed by atoms with Gasteiger partial charge in [-0.3, -0.25) is 4.98 Å². The standard InChI is InChI=1S/C10H8N2O2S2/c1-6-5-15-10(12-6)16-8-4-11-3-2-7(8)9(13)14/h2-5H,1H3,(H,13,14). The van der Waals surface area contributed by atoms with Crippen molar-refractivity contribution >= 4 is 29.1 Å². The minimum Gasteiger partial charge on any atom is -0.478 e. The second-order valence-electron chi connectivity index (χ2n) is 3.03. The Morgan fingerprint density at radius 2 is 2.38 bits per heavy atom. The number of aromatic carboxylic acids is 1. The maximum absolute atomic E-state index is 11.0. The summed E-state index contributed by atoms with van der Waals surface area (Å²) in [5.74, 6) is -0.946. The number of thiazole rings is 1. The molecule has 2 aromatic rings. The van der Waals surface area contributed by atoms with E-state index < -0.39 is 5.97 Å². The molecule has 0 amide bonds. The van der Waals surface area contributed by atoms with Crippen LogP contribution in [0.4, 0.5) is 0 Å².